The number of benzene rings is 1. The van der Waals surface area contributed by atoms with Gasteiger partial charge in [0.25, 0.3) is 5.91 Å². The fraction of sp³-hybridized carbons (Fsp3) is 0.250. The van der Waals surface area contributed by atoms with Crippen LogP contribution in [0.15, 0.2) is 29.2 Å². The molecule has 132 valence electrons. The Labute approximate surface area is 154 Å². The van der Waals surface area contributed by atoms with Gasteiger partial charge in [-0.1, -0.05) is 36.1 Å². The molecule has 1 saturated heterocycles. The monoisotopic (exact) mass is 380 g/mol. The lowest BCUT2D eigenvalue weighted by Crippen LogP contribution is -2.40. The first-order valence-corrected chi connectivity index (χ1v) is 8.51. The van der Waals surface area contributed by atoms with E-state index in [0.29, 0.717) is 10.7 Å². The summed E-state index contributed by atoms with van der Waals surface area (Å²) in [5.41, 5.74) is 0.783. The van der Waals surface area contributed by atoms with Gasteiger partial charge in [0.15, 0.2) is 0 Å². The molecule has 1 heterocycles. The summed E-state index contributed by atoms with van der Waals surface area (Å²) in [6, 6.07) is 7.21. The Bertz CT molecular complexity index is 748. The highest BCUT2D eigenvalue weighted by atomic mass is 32.2. The van der Waals surface area contributed by atoms with Gasteiger partial charge in [0, 0.05) is 6.54 Å². The average molecular weight is 380 g/mol. The molecule has 1 aliphatic rings. The molecule has 2 rings (SSSR count). The van der Waals surface area contributed by atoms with Crippen LogP contribution in [0.1, 0.15) is 12.0 Å². The van der Waals surface area contributed by atoms with Crippen LogP contribution < -0.4 is 10.1 Å². The molecule has 0 saturated carbocycles. The molecule has 0 atom stereocenters. The van der Waals surface area contributed by atoms with Gasteiger partial charge in [0.2, 0.25) is 5.91 Å². The van der Waals surface area contributed by atoms with Crippen LogP contribution in [0.4, 0.5) is 0 Å². The highest BCUT2D eigenvalue weighted by Gasteiger charge is 2.33. The van der Waals surface area contributed by atoms with Crippen LogP contribution >= 0.6 is 24.0 Å². The first-order chi connectivity index (χ1) is 11.9. The third-order valence-electron chi connectivity index (χ3n) is 3.23. The number of carbonyl (C=O) groups is 3. The van der Waals surface area contributed by atoms with Crippen molar-refractivity contribution in [3.8, 4) is 5.75 Å². The van der Waals surface area contributed by atoms with Gasteiger partial charge in [-0.25, -0.2) is 0 Å². The largest absolute Gasteiger partial charge is 0.497 e. The number of carboxylic acid groups (broad SMARTS) is 1. The molecule has 0 unspecified atom stereocenters. The number of carboxylic acids is 1. The molecular weight excluding hydrogens is 364 g/mol. The van der Waals surface area contributed by atoms with Crippen molar-refractivity contribution in [1.82, 2.24) is 10.2 Å². The topological polar surface area (TPSA) is 95.9 Å². The van der Waals surface area contributed by atoms with E-state index in [1.807, 2.05) is 6.07 Å². The van der Waals surface area contributed by atoms with Crippen molar-refractivity contribution in [2.45, 2.75) is 6.42 Å². The number of carbonyl (C=O) groups excluding carboxylic acids is 2. The van der Waals surface area contributed by atoms with Crippen molar-refractivity contribution in [1.29, 1.82) is 0 Å². The highest BCUT2D eigenvalue weighted by Crippen LogP contribution is 2.32. The first-order valence-electron chi connectivity index (χ1n) is 7.28. The average Bonchev–Trinajstić information content (AvgIpc) is 2.82. The van der Waals surface area contributed by atoms with Crippen LogP contribution in [0.3, 0.4) is 0 Å². The summed E-state index contributed by atoms with van der Waals surface area (Å²) in [5, 5.41) is 11.0. The molecule has 0 bridgehead atoms. The Morgan fingerprint density at radius 1 is 1.44 bits per heavy atom. The number of nitrogens with one attached hydrogen (secondary N) is 1. The number of nitrogens with zero attached hydrogens (tertiary/aromatic N) is 1. The third kappa shape index (κ3) is 5.30. The van der Waals surface area contributed by atoms with E-state index in [4.69, 9.17) is 22.1 Å². The normalized spacial score (nSPS) is 15.6. The Morgan fingerprint density at radius 2 is 2.20 bits per heavy atom. The minimum atomic E-state index is -1.01. The fourth-order valence-electron chi connectivity index (χ4n) is 2.03. The second kappa shape index (κ2) is 8.63. The summed E-state index contributed by atoms with van der Waals surface area (Å²) in [6.45, 7) is -0.234. The molecule has 2 amide bonds. The summed E-state index contributed by atoms with van der Waals surface area (Å²) in [4.78, 5) is 36.3. The van der Waals surface area contributed by atoms with Gasteiger partial charge in [-0.2, -0.15) is 0 Å². The van der Waals surface area contributed by atoms with Crippen molar-refractivity contribution >= 4 is 52.2 Å². The first kappa shape index (κ1) is 18.9. The van der Waals surface area contributed by atoms with E-state index < -0.39 is 11.9 Å². The molecule has 1 fully saturated rings. The van der Waals surface area contributed by atoms with Gasteiger partial charge in [-0.05, 0) is 23.8 Å². The number of methoxy groups -OCH3 is 1. The van der Waals surface area contributed by atoms with Gasteiger partial charge in [-0.15, -0.1) is 0 Å². The number of thiocarbonyl (C=S) groups is 1. The Balaban J connectivity index is 2.02. The maximum atomic E-state index is 12.4. The number of hydrogen-bond donors (Lipinski definition) is 2. The predicted octanol–water partition coefficient (Wildman–Crippen LogP) is 1.49. The van der Waals surface area contributed by atoms with E-state index in [1.165, 1.54) is 4.90 Å². The molecule has 25 heavy (non-hydrogen) atoms. The van der Waals surface area contributed by atoms with Crippen LogP contribution in [0.5, 0.6) is 5.75 Å². The number of thioether (sulfide) groups is 1. The van der Waals surface area contributed by atoms with Crippen molar-refractivity contribution in [2.24, 2.45) is 0 Å². The Morgan fingerprint density at radius 3 is 2.88 bits per heavy atom. The number of ether oxygens (including phenoxy) is 1. The van der Waals surface area contributed by atoms with Crippen molar-refractivity contribution < 1.29 is 24.2 Å². The molecular formula is C16H16N2O5S2. The lowest BCUT2D eigenvalue weighted by atomic mass is 10.2. The molecule has 1 aliphatic heterocycles. The van der Waals surface area contributed by atoms with E-state index in [0.717, 1.165) is 17.3 Å². The molecule has 0 radical (unpaired) electrons. The van der Waals surface area contributed by atoms with Crippen LogP contribution in [-0.2, 0) is 14.4 Å². The molecule has 1 aromatic rings. The summed E-state index contributed by atoms with van der Waals surface area (Å²) in [7, 11) is 1.56. The predicted molar refractivity (Wildman–Crippen MR) is 98.1 cm³/mol. The van der Waals surface area contributed by atoms with Crippen molar-refractivity contribution in [3.63, 3.8) is 0 Å². The Kier molecular flexibility index (Phi) is 6.54. The fourth-order valence-corrected chi connectivity index (χ4v) is 3.28. The molecule has 0 spiro atoms. The molecule has 7 nitrogen and oxygen atoms in total. The van der Waals surface area contributed by atoms with Gasteiger partial charge in [0.1, 0.15) is 16.6 Å². The zero-order valence-electron chi connectivity index (χ0n) is 13.4. The van der Waals surface area contributed by atoms with E-state index in [2.05, 4.69) is 5.32 Å². The van der Waals surface area contributed by atoms with E-state index in [-0.39, 0.29) is 29.7 Å². The zero-order chi connectivity index (χ0) is 18.4. The number of hydrogen-bond acceptors (Lipinski definition) is 6. The van der Waals surface area contributed by atoms with Crippen molar-refractivity contribution in [2.75, 3.05) is 20.2 Å². The van der Waals surface area contributed by atoms with Crippen LogP contribution in [0.2, 0.25) is 0 Å². The summed E-state index contributed by atoms with van der Waals surface area (Å²) >= 11 is 6.28. The number of rotatable bonds is 7. The van der Waals surface area contributed by atoms with Gasteiger partial charge < -0.3 is 15.2 Å². The summed E-state index contributed by atoms with van der Waals surface area (Å²) in [6.07, 6.45) is 1.50. The standard InChI is InChI=1S/C16H16N2O5S2/c1-23-11-4-2-3-10(7-11)8-12-15(22)18(16(24)25-12)9-13(19)17-6-5-14(20)21/h2-4,7-8H,5-6,9H2,1H3,(H,17,19)(H,20,21)/b12-8-. The van der Waals surface area contributed by atoms with E-state index >= 15 is 0 Å². The second-order valence-corrected chi connectivity index (χ2v) is 6.71. The number of amides is 2. The smallest absolute Gasteiger partial charge is 0.305 e. The Hall–Kier alpha value is -2.39. The number of aliphatic carboxylic acids is 1. The molecule has 9 heteroatoms. The maximum absolute atomic E-state index is 12.4. The molecule has 2 N–H and O–H groups in total. The van der Waals surface area contributed by atoms with Gasteiger partial charge >= 0.3 is 5.97 Å². The minimum absolute atomic E-state index is 0.00259. The van der Waals surface area contributed by atoms with Gasteiger partial charge in [-0.3, -0.25) is 19.3 Å². The summed E-state index contributed by atoms with van der Waals surface area (Å²) in [5.74, 6) is -1.15. The highest BCUT2D eigenvalue weighted by molar-refractivity contribution is 8.26. The lowest BCUT2D eigenvalue weighted by Gasteiger charge is -2.13. The minimum Gasteiger partial charge on any atom is -0.497 e. The van der Waals surface area contributed by atoms with E-state index in [9.17, 15) is 14.4 Å². The van der Waals surface area contributed by atoms with Crippen molar-refractivity contribution in [3.05, 3.63) is 34.7 Å². The molecule has 0 aromatic heterocycles. The summed E-state index contributed by atoms with van der Waals surface area (Å²) < 4.78 is 5.43. The van der Waals surface area contributed by atoms with Crippen LogP contribution in [0, 0.1) is 0 Å². The second-order valence-electron chi connectivity index (χ2n) is 5.04. The van der Waals surface area contributed by atoms with Crippen LogP contribution in [0.25, 0.3) is 6.08 Å². The third-order valence-corrected chi connectivity index (χ3v) is 4.61. The van der Waals surface area contributed by atoms with E-state index in [1.54, 1.807) is 31.4 Å². The molecule has 1 aromatic carbocycles. The van der Waals surface area contributed by atoms with Crippen LogP contribution in [-0.4, -0.2) is 52.3 Å². The van der Waals surface area contributed by atoms with Gasteiger partial charge in [0.05, 0.1) is 18.4 Å². The zero-order valence-corrected chi connectivity index (χ0v) is 15.0. The lowest BCUT2D eigenvalue weighted by molar-refractivity contribution is -0.137. The maximum Gasteiger partial charge on any atom is 0.305 e. The molecule has 0 aliphatic carbocycles. The SMILES string of the molecule is COc1cccc(/C=C2\SC(=S)N(CC(=O)NCCC(=O)O)C2=O)c1. The quantitative estimate of drug-likeness (QED) is 0.546.